The Morgan fingerprint density at radius 2 is 1.85 bits per heavy atom. The third-order valence-electron chi connectivity index (χ3n) is 4.80. The fourth-order valence-electron chi connectivity index (χ4n) is 3.05. The van der Waals surface area contributed by atoms with Crippen LogP contribution in [0, 0.1) is 12.7 Å². The number of amides is 1. The number of carbonyl (C=O) groups is 1. The second-order valence-corrected chi connectivity index (χ2v) is 6.37. The van der Waals surface area contributed by atoms with Gasteiger partial charge in [0.25, 0.3) is 5.91 Å². The molecule has 27 heavy (non-hydrogen) atoms. The van der Waals surface area contributed by atoms with Crippen molar-refractivity contribution < 1.29 is 13.9 Å². The van der Waals surface area contributed by atoms with Crippen LogP contribution in [-0.2, 0) is 0 Å². The zero-order valence-electron chi connectivity index (χ0n) is 15.8. The summed E-state index contributed by atoms with van der Waals surface area (Å²) < 4.78 is 20.2. The highest BCUT2D eigenvalue weighted by molar-refractivity contribution is 5.95. The smallest absolute Gasteiger partial charge is 0.257 e. The number of ether oxygens (including phenoxy) is 1. The van der Waals surface area contributed by atoms with Gasteiger partial charge in [-0.15, -0.1) is 0 Å². The molecule has 0 N–H and O–H groups in total. The second-order valence-electron chi connectivity index (χ2n) is 6.37. The lowest BCUT2D eigenvalue weighted by Crippen LogP contribution is -2.30. The first-order valence-electron chi connectivity index (χ1n) is 8.64. The third kappa shape index (κ3) is 3.56. The largest absolute Gasteiger partial charge is 0.496 e. The van der Waals surface area contributed by atoms with Crippen LogP contribution in [0.4, 0.5) is 4.39 Å². The average Bonchev–Trinajstić information content (AvgIpc) is 3.08. The lowest BCUT2D eigenvalue weighted by atomic mass is 10.1. The van der Waals surface area contributed by atoms with Crippen molar-refractivity contribution in [3.05, 3.63) is 77.4 Å². The number of methoxy groups -OCH3 is 1. The van der Waals surface area contributed by atoms with Gasteiger partial charge in [0.05, 0.1) is 36.3 Å². The van der Waals surface area contributed by atoms with Crippen molar-refractivity contribution in [2.75, 3.05) is 14.2 Å². The summed E-state index contributed by atoms with van der Waals surface area (Å²) in [7, 11) is 3.37. The summed E-state index contributed by atoms with van der Waals surface area (Å²) in [5.74, 6) is 0.285. The fraction of sp³-hybridized carbons (Fsp3) is 0.238. The number of halogens is 1. The quantitative estimate of drug-likeness (QED) is 0.680. The maximum atomic E-state index is 13.2. The molecule has 5 nitrogen and oxygen atoms in total. The van der Waals surface area contributed by atoms with Crippen molar-refractivity contribution in [1.82, 2.24) is 14.7 Å². The van der Waals surface area contributed by atoms with E-state index in [0.29, 0.717) is 16.9 Å². The van der Waals surface area contributed by atoms with Gasteiger partial charge in [-0.2, -0.15) is 5.10 Å². The Kier molecular flexibility index (Phi) is 5.26. The minimum absolute atomic E-state index is 0.140. The maximum absolute atomic E-state index is 13.2. The van der Waals surface area contributed by atoms with E-state index in [1.807, 2.05) is 38.1 Å². The van der Waals surface area contributed by atoms with Crippen LogP contribution in [0.2, 0.25) is 0 Å². The Labute approximate surface area is 158 Å². The summed E-state index contributed by atoms with van der Waals surface area (Å²) in [6.45, 7) is 3.78. The van der Waals surface area contributed by atoms with Gasteiger partial charge < -0.3 is 9.64 Å². The predicted octanol–water partition coefficient (Wildman–Crippen LogP) is 4.16. The van der Waals surface area contributed by atoms with Crippen molar-refractivity contribution in [2.24, 2.45) is 0 Å². The van der Waals surface area contributed by atoms with E-state index >= 15 is 0 Å². The van der Waals surface area contributed by atoms with E-state index in [2.05, 4.69) is 5.10 Å². The van der Waals surface area contributed by atoms with Gasteiger partial charge in [0.1, 0.15) is 11.6 Å². The van der Waals surface area contributed by atoms with E-state index in [1.54, 1.807) is 42.1 Å². The summed E-state index contributed by atoms with van der Waals surface area (Å²) in [4.78, 5) is 14.7. The van der Waals surface area contributed by atoms with Crippen molar-refractivity contribution in [2.45, 2.75) is 19.9 Å². The molecule has 0 spiro atoms. The SMILES string of the molecule is COc1ccccc1C(C)N(C)C(=O)c1cnn(-c2ccc(F)cc2)c1C. The molecule has 0 saturated carbocycles. The monoisotopic (exact) mass is 367 g/mol. The molecule has 3 aromatic rings. The van der Waals surface area contributed by atoms with Crippen LogP contribution in [0.5, 0.6) is 5.75 Å². The van der Waals surface area contributed by atoms with Gasteiger partial charge in [0.15, 0.2) is 0 Å². The predicted molar refractivity (Wildman–Crippen MR) is 102 cm³/mol. The van der Waals surface area contributed by atoms with Crippen molar-refractivity contribution in [1.29, 1.82) is 0 Å². The Morgan fingerprint density at radius 3 is 2.52 bits per heavy atom. The molecule has 1 atom stereocenters. The molecular weight excluding hydrogens is 345 g/mol. The average molecular weight is 367 g/mol. The van der Waals surface area contributed by atoms with Crippen molar-refractivity contribution in [3.8, 4) is 11.4 Å². The molecule has 140 valence electrons. The van der Waals surface area contributed by atoms with Crippen LogP contribution >= 0.6 is 0 Å². The first-order chi connectivity index (χ1) is 12.9. The molecule has 0 saturated heterocycles. The number of carbonyl (C=O) groups excluding carboxylic acids is 1. The first-order valence-corrected chi connectivity index (χ1v) is 8.64. The van der Waals surface area contributed by atoms with Gasteiger partial charge in [-0.1, -0.05) is 18.2 Å². The highest BCUT2D eigenvalue weighted by Crippen LogP contribution is 2.29. The molecule has 0 aliphatic heterocycles. The van der Waals surface area contributed by atoms with E-state index < -0.39 is 0 Å². The van der Waals surface area contributed by atoms with Gasteiger partial charge in [-0.25, -0.2) is 9.07 Å². The minimum Gasteiger partial charge on any atom is -0.496 e. The molecule has 1 heterocycles. The van der Waals surface area contributed by atoms with Crippen LogP contribution in [0.15, 0.2) is 54.7 Å². The number of benzene rings is 2. The Hall–Kier alpha value is -3.15. The molecule has 2 aromatic carbocycles. The van der Waals surface area contributed by atoms with E-state index in [0.717, 1.165) is 11.3 Å². The lowest BCUT2D eigenvalue weighted by Gasteiger charge is -2.26. The van der Waals surface area contributed by atoms with E-state index in [-0.39, 0.29) is 17.8 Å². The molecule has 0 bridgehead atoms. The van der Waals surface area contributed by atoms with Crippen LogP contribution in [0.3, 0.4) is 0 Å². The highest BCUT2D eigenvalue weighted by atomic mass is 19.1. The summed E-state index contributed by atoms with van der Waals surface area (Å²) in [5.41, 5.74) is 2.84. The number of para-hydroxylation sites is 1. The second kappa shape index (κ2) is 7.61. The fourth-order valence-corrected chi connectivity index (χ4v) is 3.05. The first kappa shape index (κ1) is 18.6. The normalized spacial score (nSPS) is 11.9. The zero-order valence-corrected chi connectivity index (χ0v) is 15.8. The standard InChI is InChI=1S/C21H22FN3O2/c1-14(18-7-5-6-8-20(18)27-4)24(3)21(26)19-13-23-25(15(19)2)17-11-9-16(22)10-12-17/h5-14H,1-4H3. The van der Waals surface area contributed by atoms with Crippen molar-refractivity contribution in [3.63, 3.8) is 0 Å². The number of hydrogen-bond acceptors (Lipinski definition) is 3. The van der Waals surface area contributed by atoms with Gasteiger partial charge >= 0.3 is 0 Å². The van der Waals surface area contributed by atoms with Gasteiger partial charge in [0, 0.05) is 12.6 Å². The van der Waals surface area contributed by atoms with E-state index in [9.17, 15) is 9.18 Å². The molecule has 1 unspecified atom stereocenters. The molecule has 1 amide bonds. The maximum Gasteiger partial charge on any atom is 0.257 e. The molecule has 0 aliphatic rings. The topological polar surface area (TPSA) is 47.4 Å². The van der Waals surface area contributed by atoms with Crippen LogP contribution in [-0.4, -0.2) is 34.7 Å². The molecule has 3 rings (SSSR count). The van der Waals surface area contributed by atoms with Gasteiger partial charge in [-0.3, -0.25) is 4.79 Å². The van der Waals surface area contributed by atoms with Crippen molar-refractivity contribution >= 4 is 5.91 Å². The third-order valence-corrected chi connectivity index (χ3v) is 4.80. The van der Waals surface area contributed by atoms with Crippen LogP contribution < -0.4 is 4.74 Å². The minimum atomic E-state index is -0.315. The highest BCUT2D eigenvalue weighted by Gasteiger charge is 2.24. The lowest BCUT2D eigenvalue weighted by molar-refractivity contribution is 0.0740. The summed E-state index contributed by atoms with van der Waals surface area (Å²) >= 11 is 0. The van der Waals surface area contributed by atoms with Crippen LogP contribution in [0.25, 0.3) is 5.69 Å². The number of nitrogens with zero attached hydrogens (tertiary/aromatic N) is 3. The van der Waals surface area contributed by atoms with E-state index in [4.69, 9.17) is 4.74 Å². The summed E-state index contributed by atoms with van der Waals surface area (Å²) in [6.07, 6.45) is 1.55. The molecule has 1 aromatic heterocycles. The summed E-state index contributed by atoms with van der Waals surface area (Å²) in [6, 6.07) is 13.5. The van der Waals surface area contributed by atoms with E-state index in [1.165, 1.54) is 12.1 Å². The molecule has 0 radical (unpaired) electrons. The Bertz CT molecular complexity index is 950. The summed E-state index contributed by atoms with van der Waals surface area (Å²) in [5, 5.41) is 4.31. The van der Waals surface area contributed by atoms with Gasteiger partial charge in [0.2, 0.25) is 0 Å². The number of aromatic nitrogens is 2. The molecule has 0 fully saturated rings. The zero-order chi connectivity index (χ0) is 19.6. The molecule has 6 heteroatoms. The Morgan fingerprint density at radius 1 is 1.19 bits per heavy atom. The van der Waals surface area contributed by atoms with Gasteiger partial charge in [-0.05, 0) is 44.2 Å². The molecular formula is C21H22FN3O2. The molecule has 0 aliphatic carbocycles. The number of rotatable bonds is 5. The Balaban J connectivity index is 1.88. The number of hydrogen-bond donors (Lipinski definition) is 0. The van der Waals surface area contributed by atoms with Crippen LogP contribution in [0.1, 0.15) is 34.6 Å².